The zero-order valence-corrected chi connectivity index (χ0v) is 26.6. The van der Waals surface area contributed by atoms with Crippen LogP contribution in [0.4, 0.5) is 5.69 Å². The number of hydrogen-bond donors (Lipinski definition) is 1. The van der Waals surface area contributed by atoms with Gasteiger partial charge in [0, 0.05) is 11.1 Å². The number of nitrogens with one attached hydrogen (secondary N) is 1. The maximum absolute atomic E-state index is 5.27. The second-order valence-corrected chi connectivity index (χ2v) is 15.4. The van der Waals surface area contributed by atoms with Gasteiger partial charge in [-0.3, -0.25) is 0 Å². The van der Waals surface area contributed by atoms with Gasteiger partial charge >= 0.3 is 0 Å². The van der Waals surface area contributed by atoms with Gasteiger partial charge in [0.2, 0.25) is 0 Å². The predicted octanol–water partition coefficient (Wildman–Crippen LogP) is 11.5. The Hall–Kier alpha value is -3.68. The van der Waals surface area contributed by atoms with Crippen molar-refractivity contribution in [1.82, 2.24) is 9.78 Å². The Morgan fingerprint density at radius 1 is 0.591 bits per heavy atom. The van der Waals surface area contributed by atoms with Crippen LogP contribution in [0.15, 0.2) is 121 Å². The normalized spacial score (nSPS) is 17.0. The summed E-state index contributed by atoms with van der Waals surface area (Å²) in [5, 5.41) is 9.53. The molecule has 3 nitrogen and oxygen atoms in total. The summed E-state index contributed by atoms with van der Waals surface area (Å²) >= 11 is 0. The Bertz CT molecular complexity index is 1580. The van der Waals surface area contributed by atoms with Crippen LogP contribution in [0.3, 0.4) is 0 Å². The predicted molar refractivity (Wildman–Crippen MR) is 188 cm³/mol. The molecule has 224 valence electrons. The lowest BCUT2D eigenvalue weighted by Gasteiger charge is -2.44. The van der Waals surface area contributed by atoms with Gasteiger partial charge in [0.15, 0.2) is 0 Å². The van der Waals surface area contributed by atoms with E-state index in [0.29, 0.717) is 5.78 Å². The van der Waals surface area contributed by atoms with Crippen molar-refractivity contribution in [3.8, 4) is 28.2 Å². The lowest BCUT2D eigenvalue weighted by atomic mass is 9.99. The average Bonchev–Trinajstić information content (AvgIpc) is 3.56. The fraction of sp³-hybridized carbons (Fsp3) is 0.325. The highest BCUT2D eigenvalue weighted by Gasteiger charge is 2.37. The van der Waals surface area contributed by atoms with Gasteiger partial charge in [0.1, 0.15) is 0 Å². The van der Waals surface area contributed by atoms with Gasteiger partial charge in [-0.1, -0.05) is 150 Å². The molecule has 0 bridgehead atoms. The Morgan fingerprint density at radius 3 is 1.73 bits per heavy atom. The second kappa shape index (κ2) is 14.0. The summed E-state index contributed by atoms with van der Waals surface area (Å²) in [7, 11) is -0.265. The molecule has 2 fully saturated rings. The SMILES string of the molecule is c1ccc(-c2cc(-c3ccccc3)n(-c3ccccc3NC(c3ccccc3)P(C3CCCCC3)C3CCCCC3)n2)cc1. The lowest BCUT2D eigenvalue weighted by molar-refractivity contribution is 0.482. The second-order valence-electron chi connectivity index (χ2n) is 12.6. The van der Waals surface area contributed by atoms with Crippen molar-refractivity contribution in [1.29, 1.82) is 0 Å². The molecule has 1 aromatic heterocycles. The zero-order chi connectivity index (χ0) is 29.6. The van der Waals surface area contributed by atoms with Gasteiger partial charge in [-0.25, -0.2) is 4.68 Å². The number of hydrogen-bond acceptors (Lipinski definition) is 2. The molecule has 0 spiro atoms. The van der Waals surface area contributed by atoms with E-state index in [2.05, 4.69) is 131 Å². The van der Waals surface area contributed by atoms with E-state index in [4.69, 9.17) is 5.10 Å². The number of rotatable bonds is 9. The molecular formula is C40H44N3P. The molecule has 4 aromatic carbocycles. The zero-order valence-electron chi connectivity index (χ0n) is 25.7. The van der Waals surface area contributed by atoms with E-state index < -0.39 is 0 Å². The molecule has 7 rings (SSSR count). The number of benzene rings is 4. The summed E-state index contributed by atoms with van der Waals surface area (Å²) in [6.07, 6.45) is 14.0. The summed E-state index contributed by atoms with van der Waals surface area (Å²) in [5.41, 5.74) is 9.79. The van der Waals surface area contributed by atoms with Gasteiger partial charge in [0.25, 0.3) is 0 Å². The third-order valence-electron chi connectivity index (χ3n) is 9.68. The van der Waals surface area contributed by atoms with E-state index in [1.807, 2.05) is 0 Å². The Kier molecular flexibility index (Phi) is 9.22. The first kappa shape index (κ1) is 29.1. The van der Waals surface area contributed by atoms with E-state index in [9.17, 15) is 0 Å². The summed E-state index contributed by atoms with van der Waals surface area (Å²) in [4.78, 5) is 0. The molecule has 0 saturated heterocycles. The third kappa shape index (κ3) is 6.40. The van der Waals surface area contributed by atoms with Crippen LogP contribution in [0, 0.1) is 0 Å². The summed E-state index contributed by atoms with van der Waals surface area (Å²) in [6.45, 7) is 0. The molecule has 1 unspecified atom stereocenters. The Balaban J connectivity index is 1.33. The van der Waals surface area contributed by atoms with Crippen LogP contribution in [-0.4, -0.2) is 21.1 Å². The molecule has 44 heavy (non-hydrogen) atoms. The molecule has 0 radical (unpaired) electrons. The van der Waals surface area contributed by atoms with Crippen LogP contribution in [0.1, 0.15) is 75.6 Å². The van der Waals surface area contributed by atoms with Gasteiger partial charge in [-0.2, -0.15) is 5.10 Å². The summed E-state index contributed by atoms with van der Waals surface area (Å²) in [6, 6.07) is 43.7. The van der Waals surface area contributed by atoms with Crippen molar-refractivity contribution in [2.75, 3.05) is 5.32 Å². The van der Waals surface area contributed by atoms with Gasteiger partial charge in [-0.05, 0) is 60.8 Å². The van der Waals surface area contributed by atoms with Crippen molar-refractivity contribution < 1.29 is 0 Å². The van der Waals surface area contributed by atoms with Gasteiger partial charge < -0.3 is 5.32 Å². The summed E-state index contributed by atoms with van der Waals surface area (Å²) < 4.78 is 2.17. The fourth-order valence-electron chi connectivity index (χ4n) is 7.50. The van der Waals surface area contributed by atoms with Crippen LogP contribution in [0.5, 0.6) is 0 Å². The van der Waals surface area contributed by atoms with Gasteiger partial charge in [-0.15, -0.1) is 0 Å². The Morgan fingerprint density at radius 2 is 1.11 bits per heavy atom. The van der Waals surface area contributed by atoms with E-state index >= 15 is 0 Å². The van der Waals surface area contributed by atoms with Gasteiger partial charge in [0.05, 0.1) is 28.5 Å². The molecule has 1 N–H and O–H groups in total. The highest BCUT2D eigenvalue weighted by molar-refractivity contribution is 7.59. The van der Waals surface area contributed by atoms with Crippen LogP contribution >= 0.6 is 7.92 Å². The fourth-order valence-corrected chi connectivity index (χ4v) is 11.7. The molecule has 1 heterocycles. The van der Waals surface area contributed by atoms with Crippen molar-refractivity contribution in [2.24, 2.45) is 0 Å². The quantitative estimate of drug-likeness (QED) is 0.171. The number of anilines is 1. The largest absolute Gasteiger partial charge is 0.373 e. The minimum absolute atomic E-state index is 0.265. The van der Waals surface area contributed by atoms with Crippen molar-refractivity contribution in [2.45, 2.75) is 81.3 Å². The van der Waals surface area contributed by atoms with E-state index in [1.165, 1.54) is 81.0 Å². The van der Waals surface area contributed by atoms with Crippen molar-refractivity contribution in [3.05, 3.63) is 127 Å². The molecule has 0 amide bonds. The first-order valence-corrected chi connectivity index (χ1v) is 18.3. The molecule has 2 saturated carbocycles. The highest BCUT2D eigenvalue weighted by atomic mass is 31.1. The van der Waals surface area contributed by atoms with Crippen LogP contribution in [0.2, 0.25) is 0 Å². The standard InChI is InChI=1S/C40H44N3P/c1-6-18-31(19-7-1)37-30-39(32-20-8-2-9-21-32)43(42-37)38-29-17-16-28-36(38)41-40(33-22-10-3-11-23-33)44(34-24-12-4-13-25-34)35-26-14-5-15-27-35/h1-3,6-11,16-23,28-30,34-35,40-41H,4-5,12-15,24-27H2. The van der Waals surface area contributed by atoms with Crippen LogP contribution < -0.4 is 5.32 Å². The number of nitrogens with zero attached hydrogens (tertiary/aromatic N) is 2. The van der Waals surface area contributed by atoms with Crippen LogP contribution in [-0.2, 0) is 0 Å². The first-order chi connectivity index (χ1) is 21.8. The third-order valence-corrected chi connectivity index (χ3v) is 13.4. The van der Waals surface area contributed by atoms with Crippen molar-refractivity contribution >= 4 is 13.6 Å². The maximum atomic E-state index is 5.27. The molecule has 5 aromatic rings. The minimum atomic E-state index is -0.265. The smallest absolute Gasteiger partial charge is 0.0934 e. The van der Waals surface area contributed by atoms with E-state index in [-0.39, 0.29) is 7.92 Å². The Labute approximate surface area is 264 Å². The van der Waals surface area contributed by atoms with Crippen molar-refractivity contribution in [3.63, 3.8) is 0 Å². The molecule has 2 aliphatic rings. The van der Waals surface area contributed by atoms with E-state index in [1.54, 1.807) is 0 Å². The molecule has 4 heteroatoms. The molecular weight excluding hydrogens is 553 g/mol. The number of para-hydroxylation sites is 2. The maximum Gasteiger partial charge on any atom is 0.0934 e. The monoisotopic (exact) mass is 597 g/mol. The van der Waals surface area contributed by atoms with E-state index in [0.717, 1.165) is 34.0 Å². The van der Waals surface area contributed by atoms with Crippen LogP contribution in [0.25, 0.3) is 28.2 Å². The summed E-state index contributed by atoms with van der Waals surface area (Å²) in [5.74, 6) is 0.322. The highest BCUT2D eigenvalue weighted by Crippen LogP contribution is 2.64. The molecule has 0 aliphatic heterocycles. The minimum Gasteiger partial charge on any atom is -0.373 e. The molecule has 2 aliphatic carbocycles. The molecule has 1 atom stereocenters. The first-order valence-electron chi connectivity index (χ1n) is 16.7. The number of aromatic nitrogens is 2. The average molecular weight is 598 g/mol. The lowest BCUT2D eigenvalue weighted by Crippen LogP contribution is -2.27. The topological polar surface area (TPSA) is 29.9 Å².